The van der Waals surface area contributed by atoms with Crippen LogP contribution in [0.2, 0.25) is 0 Å². The minimum atomic E-state index is -0.510. The predicted octanol–water partition coefficient (Wildman–Crippen LogP) is 1.27. The Hall–Kier alpha value is -2.15. The highest BCUT2D eigenvalue weighted by atomic mass is 16.6. The summed E-state index contributed by atoms with van der Waals surface area (Å²) in [7, 11) is 0. The lowest BCUT2D eigenvalue weighted by Crippen LogP contribution is -2.35. The topological polar surface area (TPSA) is 90.7 Å². The van der Waals surface area contributed by atoms with Gasteiger partial charge in [-0.3, -0.25) is 14.9 Å². The number of non-ortho nitro benzene ring substituents is 1. The van der Waals surface area contributed by atoms with Crippen molar-refractivity contribution in [1.82, 2.24) is 5.32 Å². The van der Waals surface area contributed by atoms with Crippen LogP contribution in [-0.2, 0) is 9.53 Å². The first kappa shape index (κ1) is 14.3. The Morgan fingerprint density at radius 3 is 3.10 bits per heavy atom. The molecule has 20 heavy (non-hydrogen) atoms. The molecule has 1 aliphatic rings. The van der Waals surface area contributed by atoms with Crippen molar-refractivity contribution in [3.05, 3.63) is 34.4 Å². The highest BCUT2D eigenvalue weighted by Gasteiger charge is 2.16. The molecule has 2 rings (SSSR count). The summed E-state index contributed by atoms with van der Waals surface area (Å²) in [5.74, 6) is 0.0264. The number of nitro groups is 1. The lowest BCUT2D eigenvalue weighted by molar-refractivity contribution is -0.384. The molecule has 108 valence electrons. The normalized spacial score (nSPS) is 17.7. The van der Waals surface area contributed by atoms with Crippen molar-refractivity contribution in [2.75, 3.05) is 19.8 Å². The third-order valence-corrected chi connectivity index (χ3v) is 2.95. The molecule has 0 saturated carbocycles. The van der Waals surface area contributed by atoms with E-state index in [2.05, 4.69) is 5.32 Å². The maximum atomic E-state index is 11.6. The van der Waals surface area contributed by atoms with Crippen molar-refractivity contribution in [1.29, 1.82) is 0 Å². The number of ether oxygens (including phenoxy) is 2. The van der Waals surface area contributed by atoms with Gasteiger partial charge in [-0.25, -0.2) is 0 Å². The molecular weight excluding hydrogens is 264 g/mol. The van der Waals surface area contributed by atoms with Crippen molar-refractivity contribution >= 4 is 11.6 Å². The summed E-state index contributed by atoms with van der Waals surface area (Å²) in [5.41, 5.74) is -0.0673. The SMILES string of the molecule is O=C(COc1cccc([N+](=O)[O-])c1)NC[C@H]1CCCO1. The lowest BCUT2D eigenvalue weighted by atomic mass is 10.2. The standard InChI is InChI=1S/C13H16N2O5/c16-13(14-8-12-5-2-6-19-12)9-20-11-4-1-3-10(7-11)15(17)18/h1,3-4,7,12H,2,5-6,8-9H2,(H,14,16)/t12-/m1/s1. The van der Waals surface area contributed by atoms with Crippen LogP contribution in [0.15, 0.2) is 24.3 Å². The molecule has 1 saturated heterocycles. The second-order valence-electron chi connectivity index (χ2n) is 4.48. The number of rotatable bonds is 6. The molecular formula is C13H16N2O5. The van der Waals surface area contributed by atoms with Crippen LogP contribution in [0.25, 0.3) is 0 Å². The third kappa shape index (κ3) is 4.20. The minimum absolute atomic E-state index is 0.0673. The largest absolute Gasteiger partial charge is 0.484 e. The fourth-order valence-corrected chi connectivity index (χ4v) is 1.92. The van der Waals surface area contributed by atoms with E-state index in [4.69, 9.17) is 9.47 Å². The fraction of sp³-hybridized carbons (Fsp3) is 0.462. The van der Waals surface area contributed by atoms with Crippen LogP contribution in [0.1, 0.15) is 12.8 Å². The van der Waals surface area contributed by atoms with E-state index < -0.39 is 4.92 Å². The Labute approximate surface area is 116 Å². The van der Waals surface area contributed by atoms with Gasteiger partial charge in [-0.1, -0.05) is 6.07 Å². The summed E-state index contributed by atoms with van der Waals surface area (Å²) >= 11 is 0. The van der Waals surface area contributed by atoms with E-state index in [9.17, 15) is 14.9 Å². The summed E-state index contributed by atoms with van der Waals surface area (Å²) in [6.07, 6.45) is 2.05. The quantitative estimate of drug-likeness (QED) is 0.626. The molecule has 0 aliphatic carbocycles. The van der Waals surface area contributed by atoms with Gasteiger partial charge in [-0.2, -0.15) is 0 Å². The van der Waals surface area contributed by atoms with Crippen LogP contribution >= 0.6 is 0 Å². The van der Waals surface area contributed by atoms with Gasteiger partial charge in [0.25, 0.3) is 11.6 Å². The molecule has 1 amide bonds. The highest BCUT2D eigenvalue weighted by Crippen LogP contribution is 2.18. The van der Waals surface area contributed by atoms with Gasteiger partial charge in [0.15, 0.2) is 6.61 Å². The number of nitrogens with zero attached hydrogens (tertiary/aromatic N) is 1. The lowest BCUT2D eigenvalue weighted by Gasteiger charge is -2.11. The molecule has 1 atom stereocenters. The molecule has 0 radical (unpaired) electrons. The Morgan fingerprint density at radius 1 is 1.55 bits per heavy atom. The van der Waals surface area contributed by atoms with Gasteiger partial charge in [0, 0.05) is 19.2 Å². The van der Waals surface area contributed by atoms with Crippen molar-refractivity contribution in [2.45, 2.75) is 18.9 Å². The third-order valence-electron chi connectivity index (χ3n) is 2.95. The van der Waals surface area contributed by atoms with Crippen LogP contribution in [-0.4, -0.2) is 36.7 Å². The van der Waals surface area contributed by atoms with Gasteiger partial charge < -0.3 is 14.8 Å². The second-order valence-corrected chi connectivity index (χ2v) is 4.48. The summed E-state index contributed by atoms with van der Waals surface area (Å²) in [6, 6.07) is 5.73. The molecule has 1 aromatic rings. The first-order valence-corrected chi connectivity index (χ1v) is 6.41. The average molecular weight is 280 g/mol. The number of hydrogen-bond donors (Lipinski definition) is 1. The van der Waals surface area contributed by atoms with Gasteiger partial charge in [-0.15, -0.1) is 0 Å². The Bertz CT molecular complexity index is 485. The molecule has 7 nitrogen and oxygen atoms in total. The molecule has 0 bridgehead atoms. The maximum Gasteiger partial charge on any atom is 0.273 e. The molecule has 1 aromatic carbocycles. The molecule has 0 aromatic heterocycles. The number of benzene rings is 1. The van der Waals surface area contributed by atoms with Gasteiger partial charge >= 0.3 is 0 Å². The van der Waals surface area contributed by atoms with E-state index in [1.807, 2.05) is 0 Å². The second kappa shape index (κ2) is 6.85. The summed E-state index contributed by atoms with van der Waals surface area (Å²) in [5, 5.41) is 13.3. The van der Waals surface area contributed by atoms with Crippen molar-refractivity contribution in [2.24, 2.45) is 0 Å². The Balaban J connectivity index is 1.75. The van der Waals surface area contributed by atoms with Gasteiger partial charge in [0.05, 0.1) is 17.1 Å². The molecule has 1 fully saturated rings. The number of nitro benzene ring substituents is 1. The first-order chi connectivity index (χ1) is 9.65. The zero-order valence-corrected chi connectivity index (χ0v) is 10.9. The smallest absolute Gasteiger partial charge is 0.273 e. The van der Waals surface area contributed by atoms with E-state index in [0.717, 1.165) is 19.4 Å². The van der Waals surface area contributed by atoms with Crippen molar-refractivity contribution in [3.63, 3.8) is 0 Å². The number of amides is 1. The molecule has 1 aliphatic heterocycles. The van der Waals surface area contributed by atoms with Crippen LogP contribution in [0.4, 0.5) is 5.69 Å². The molecule has 0 spiro atoms. The predicted molar refractivity (Wildman–Crippen MR) is 70.6 cm³/mol. The zero-order valence-electron chi connectivity index (χ0n) is 10.9. The maximum absolute atomic E-state index is 11.6. The van der Waals surface area contributed by atoms with Gasteiger partial charge in [0.2, 0.25) is 0 Å². The first-order valence-electron chi connectivity index (χ1n) is 6.41. The van der Waals surface area contributed by atoms with Crippen LogP contribution in [0.5, 0.6) is 5.75 Å². The molecule has 1 heterocycles. The van der Waals surface area contributed by atoms with Crippen LogP contribution in [0, 0.1) is 10.1 Å². The van der Waals surface area contributed by atoms with Crippen molar-refractivity contribution < 1.29 is 19.2 Å². The Kier molecular flexibility index (Phi) is 4.89. The molecule has 0 unspecified atom stereocenters. The van der Waals surface area contributed by atoms with Crippen molar-refractivity contribution in [3.8, 4) is 5.75 Å². The highest BCUT2D eigenvalue weighted by molar-refractivity contribution is 5.77. The minimum Gasteiger partial charge on any atom is -0.484 e. The van der Waals surface area contributed by atoms with E-state index in [1.165, 1.54) is 18.2 Å². The molecule has 1 N–H and O–H groups in total. The van der Waals surface area contributed by atoms with Gasteiger partial charge in [-0.05, 0) is 18.9 Å². The van der Waals surface area contributed by atoms with E-state index in [0.29, 0.717) is 12.3 Å². The van der Waals surface area contributed by atoms with Crippen LogP contribution in [0.3, 0.4) is 0 Å². The van der Waals surface area contributed by atoms with E-state index >= 15 is 0 Å². The number of nitrogens with one attached hydrogen (secondary N) is 1. The number of carbonyl (C=O) groups is 1. The summed E-state index contributed by atoms with van der Waals surface area (Å²) in [4.78, 5) is 21.7. The summed E-state index contributed by atoms with van der Waals surface area (Å²) in [6.45, 7) is 1.04. The fourth-order valence-electron chi connectivity index (χ4n) is 1.92. The molecule has 7 heteroatoms. The summed E-state index contributed by atoms with van der Waals surface area (Å²) < 4.78 is 10.6. The van der Waals surface area contributed by atoms with Crippen LogP contribution < -0.4 is 10.1 Å². The van der Waals surface area contributed by atoms with E-state index in [1.54, 1.807) is 6.07 Å². The zero-order chi connectivity index (χ0) is 14.4. The van der Waals surface area contributed by atoms with Gasteiger partial charge in [0.1, 0.15) is 5.75 Å². The number of hydrogen-bond acceptors (Lipinski definition) is 5. The van der Waals surface area contributed by atoms with E-state index in [-0.39, 0.29) is 24.3 Å². The Morgan fingerprint density at radius 2 is 2.40 bits per heavy atom. The average Bonchev–Trinajstić information content (AvgIpc) is 2.96. The number of carbonyl (C=O) groups excluding carboxylic acids is 1. The monoisotopic (exact) mass is 280 g/mol.